The lowest BCUT2D eigenvalue weighted by Gasteiger charge is -2.02. The van der Waals surface area contributed by atoms with Gasteiger partial charge in [0, 0.05) is 18.2 Å². The van der Waals surface area contributed by atoms with Crippen molar-refractivity contribution in [2.75, 3.05) is 0 Å². The van der Waals surface area contributed by atoms with Gasteiger partial charge in [0.15, 0.2) is 0 Å². The number of nitro groups is 1. The Balaban J connectivity index is 3.18. The van der Waals surface area contributed by atoms with Crippen molar-refractivity contribution in [3.8, 4) is 0 Å². The quantitative estimate of drug-likeness (QED) is 0.368. The first kappa shape index (κ1) is 15.1. The van der Waals surface area contributed by atoms with Gasteiger partial charge >= 0.3 is 11.9 Å². The Kier molecular flexibility index (Phi) is 4.74. The molecular formula is C13H11NO6. The summed E-state index contributed by atoms with van der Waals surface area (Å²) in [4.78, 5) is 31.6. The molecule has 0 aliphatic heterocycles. The van der Waals surface area contributed by atoms with Crippen LogP contribution in [0, 0.1) is 10.1 Å². The molecule has 0 saturated heterocycles. The largest absolute Gasteiger partial charge is 0.478 e. The van der Waals surface area contributed by atoms with Gasteiger partial charge < -0.3 is 10.2 Å². The average molecular weight is 277 g/mol. The SMILES string of the molecule is CC(=C\C(=O)O)/C(=C/c1ccc([N+](=O)[O-])cc1)C(=O)O. The molecule has 0 aromatic heterocycles. The Labute approximate surface area is 113 Å². The lowest BCUT2D eigenvalue weighted by atomic mass is 10.0. The van der Waals surface area contributed by atoms with Crippen LogP contribution in [0.5, 0.6) is 0 Å². The maximum Gasteiger partial charge on any atom is 0.335 e. The van der Waals surface area contributed by atoms with E-state index in [1.54, 1.807) is 0 Å². The van der Waals surface area contributed by atoms with Crippen LogP contribution in [0.25, 0.3) is 6.08 Å². The number of benzene rings is 1. The lowest BCUT2D eigenvalue weighted by molar-refractivity contribution is -0.384. The lowest BCUT2D eigenvalue weighted by Crippen LogP contribution is -2.03. The fourth-order valence-corrected chi connectivity index (χ4v) is 1.47. The van der Waals surface area contributed by atoms with Gasteiger partial charge in [-0.05, 0) is 36.3 Å². The first-order valence-corrected chi connectivity index (χ1v) is 5.42. The molecule has 7 nitrogen and oxygen atoms in total. The summed E-state index contributed by atoms with van der Waals surface area (Å²) >= 11 is 0. The van der Waals surface area contributed by atoms with Crippen molar-refractivity contribution in [1.82, 2.24) is 0 Å². The molecule has 0 fully saturated rings. The van der Waals surface area contributed by atoms with Crippen LogP contribution in [-0.4, -0.2) is 27.1 Å². The predicted octanol–water partition coefficient (Wildman–Crippen LogP) is 2.09. The molecule has 104 valence electrons. The summed E-state index contributed by atoms with van der Waals surface area (Å²) in [6.45, 7) is 1.36. The van der Waals surface area contributed by atoms with Crippen LogP contribution in [0.15, 0.2) is 41.5 Å². The average Bonchev–Trinajstić information content (AvgIpc) is 2.35. The van der Waals surface area contributed by atoms with Gasteiger partial charge in [-0.2, -0.15) is 0 Å². The highest BCUT2D eigenvalue weighted by Crippen LogP contribution is 2.18. The first-order valence-electron chi connectivity index (χ1n) is 5.42. The Morgan fingerprint density at radius 1 is 1.20 bits per heavy atom. The van der Waals surface area contributed by atoms with Crippen molar-refractivity contribution in [1.29, 1.82) is 0 Å². The first-order chi connectivity index (χ1) is 9.31. The van der Waals surface area contributed by atoms with Crippen LogP contribution in [0.3, 0.4) is 0 Å². The van der Waals surface area contributed by atoms with Gasteiger partial charge in [0.25, 0.3) is 5.69 Å². The van der Waals surface area contributed by atoms with E-state index < -0.39 is 16.9 Å². The summed E-state index contributed by atoms with van der Waals surface area (Å²) in [7, 11) is 0. The second-order valence-corrected chi connectivity index (χ2v) is 3.88. The van der Waals surface area contributed by atoms with Crippen molar-refractivity contribution in [2.24, 2.45) is 0 Å². The van der Waals surface area contributed by atoms with Gasteiger partial charge in [0.05, 0.1) is 10.5 Å². The van der Waals surface area contributed by atoms with Crippen molar-refractivity contribution in [3.05, 3.63) is 57.2 Å². The van der Waals surface area contributed by atoms with E-state index in [0.717, 1.165) is 6.08 Å². The highest BCUT2D eigenvalue weighted by atomic mass is 16.6. The molecule has 7 heteroatoms. The summed E-state index contributed by atoms with van der Waals surface area (Å²) in [5, 5.41) is 28.2. The Morgan fingerprint density at radius 2 is 1.75 bits per heavy atom. The van der Waals surface area contributed by atoms with E-state index in [0.29, 0.717) is 5.56 Å². The number of carboxylic acid groups (broad SMARTS) is 2. The Morgan fingerprint density at radius 3 is 2.15 bits per heavy atom. The minimum atomic E-state index is -1.28. The van der Waals surface area contributed by atoms with Gasteiger partial charge in [0.1, 0.15) is 0 Å². The fraction of sp³-hybridized carbons (Fsp3) is 0.0769. The van der Waals surface area contributed by atoms with Gasteiger partial charge in [-0.15, -0.1) is 0 Å². The second-order valence-electron chi connectivity index (χ2n) is 3.88. The van der Waals surface area contributed by atoms with E-state index in [1.165, 1.54) is 37.3 Å². The number of carboxylic acids is 2. The zero-order valence-corrected chi connectivity index (χ0v) is 10.4. The van der Waals surface area contributed by atoms with E-state index in [-0.39, 0.29) is 16.8 Å². The number of aliphatic carboxylic acids is 2. The molecule has 0 atom stereocenters. The highest BCUT2D eigenvalue weighted by molar-refractivity contribution is 5.99. The smallest absolute Gasteiger partial charge is 0.335 e. The summed E-state index contributed by atoms with van der Waals surface area (Å²) < 4.78 is 0. The number of nitro benzene ring substituents is 1. The third kappa shape index (κ3) is 4.05. The maximum atomic E-state index is 11.1. The number of non-ortho nitro benzene ring substituents is 1. The van der Waals surface area contributed by atoms with E-state index >= 15 is 0 Å². The van der Waals surface area contributed by atoms with E-state index in [4.69, 9.17) is 10.2 Å². The standard InChI is InChI=1S/C13H11NO6/c1-8(6-12(15)16)11(13(17)18)7-9-2-4-10(5-3-9)14(19)20/h2-7H,1H3,(H,15,16)(H,17,18)/b8-6+,11-7-. The molecule has 0 saturated carbocycles. The molecule has 20 heavy (non-hydrogen) atoms. The molecule has 0 radical (unpaired) electrons. The van der Waals surface area contributed by atoms with Crippen LogP contribution >= 0.6 is 0 Å². The third-order valence-corrected chi connectivity index (χ3v) is 2.41. The fourth-order valence-electron chi connectivity index (χ4n) is 1.47. The second kappa shape index (κ2) is 6.28. The number of nitrogens with zero attached hydrogens (tertiary/aromatic N) is 1. The molecule has 0 aliphatic rings. The summed E-state index contributed by atoms with van der Waals surface area (Å²) in [6.07, 6.45) is 2.03. The number of carbonyl (C=O) groups is 2. The Bertz CT molecular complexity index is 612. The number of hydrogen-bond donors (Lipinski definition) is 2. The van der Waals surface area contributed by atoms with E-state index in [2.05, 4.69) is 0 Å². The van der Waals surface area contributed by atoms with Crippen molar-refractivity contribution >= 4 is 23.7 Å². The molecule has 0 heterocycles. The van der Waals surface area contributed by atoms with Gasteiger partial charge in [-0.1, -0.05) is 0 Å². The van der Waals surface area contributed by atoms with Gasteiger partial charge in [-0.3, -0.25) is 10.1 Å². The van der Waals surface area contributed by atoms with Crippen molar-refractivity contribution < 1.29 is 24.7 Å². The summed E-state index contributed by atoms with van der Waals surface area (Å²) in [5.41, 5.74) is 0.188. The predicted molar refractivity (Wildman–Crippen MR) is 70.1 cm³/mol. The minimum Gasteiger partial charge on any atom is -0.478 e. The molecule has 0 aliphatic carbocycles. The Hall–Kier alpha value is -2.96. The molecule has 1 aromatic carbocycles. The zero-order chi connectivity index (χ0) is 15.3. The molecule has 1 aromatic rings. The molecule has 0 spiro atoms. The summed E-state index contributed by atoms with van der Waals surface area (Å²) in [5.74, 6) is -2.53. The zero-order valence-electron chi connectivity index (χ0n) is 10.4. The van der Waals surface area contributed by atoms with Gasteiger partial charge in [0.2, 0.25) is 0 Å². The summed E-state index contributed by atoms with van der Waals surface area (Å²) in [6, 6.07) is 5.24. The van der Waals surface area contributed by atoms with Crippen LogP contribution in [0.2, 0.25) is 0 Å². The van der Waals surface area contributed by atoms with Gasteiger partial charge in [-0.25, -0.2) is 9.59 Å². The topological polar surface area (TPSA) is 118 Å². The van der Waals surface area contributed by atoms with E-state index in [1.807, 2.05) is 0 Å². The minimum absolute atomic E-state index is 0.0725. The monoisotopic (exact) mass is 277 g/mol. The number of hydrogen-bond acceptors (Lipinski definition) is 4. The van der Waals surface area contributed by atoms with Crippen LogP contribution in [0.1, 0.15) is 12.5 Å². The molecular weight excluding hydrogens is 266 g/mol. The maximum absolute atomic E-state index is 11.1. The molecule has 0 unspecified atom stereocenters. The van der Waals surface area contributed by atoms with Crippen LogP contribution < -0.4 is 0 Å². The molecule has 0 bridgehead atoms. The van der Waals surface area contributed by atoms with Crippen LogP contribution in [0.4, 0.5) is 5.69 Å². The van der Waals surface area contributed by atoms with Crippen LogP contribution in [-0.2, 0) is 9.59 Å². The van der Waals surface area contributed by atoms with Crippen molar-refractivity contribution in [2.45, 2.75) is 6.92 Å². The molecule has 1 rings (SSSR count). The molecule has 2 N–H and O–H groups in total. The number of rotatable bonds is 5. The van der Waals surface area contributed by atoms with Crippen molar-refractivity contribution in [3.63, 3.8) is 0 Å². The third-order valence-electron chi connectivity index (χ3n) is 2.41. The molecule has 0 amide bonds. The normalized spacial score (nSPS) is 12.1. The van der Waals surface area contributed by atoms with E-state index in [9.17, 15) is 19.7 Å². The highest BCUT2D eigenvalue weighted by Gasteiger charge is 2.11.